The van der Waals surface area contributed by atoms with E-state index in [9.17, 15) is 9.18 Å². The molecule has 2 N–H and O–H groups in total. The molecule has 128 valence electrons. The molecule has 2 aromatic rings. The highest BCUT2D eigenvalue weighted by Crippen LogP contribution is 2.25. The van der Waals surface area contributed by atoms with Crippen molar-refractivity contribution in [3.8, 4) is 0 Å². The van der Waals surface area contributed by atoms with E-state index < -0.39 is 0 Å². The van der Waals surface area contributed by atoms with E-state index in [0.29, 0.717) is 18.7 Å². The molecule has 1 atom stereocenters. The summed E-state index contributed by atoms with van der Waals surface area (Å²) >= 11 is 0. The Morgan fingerprint density at radius 3 is 2.83 bits per heavy atom. The van der Waals surface area contributed by atoms with Gasteiger partial charge in [-0.2, -0.15) is 0 Å². The van der Waals surface area contributed by atoms with Crippen molar-refractivity contribution < 1.29 is 13.7 Å². The molecule has 0 aliphatic heterocycles. The minimum absolute atomic E-state index is 0.0563. The first-order valence-electron chi connectivity index (χ1n) is 8.29. The highest BCUT2D eigenvalue weighted by Gasteiger charge is 2.28. The van der Waals surface area contributed by atoms with Gasteiger partial charge in [-0.15, -0.1) is 0 Å². The highest BCUT2D eigenvalue weighted by molar-refractivity contribution is 5.94. The van der Waals surface area contributed by atoms with Crippen LogP contribution in [0.2, 0.25) is 0 Å². The third-order valence-electron chi connectivity index (χ3n) is 4.18. The molecule has 0 saturated carbocycles. The molecular weight excluding hydrogens is 309 g/mol. The first-order chi connectivity index (χ1) is 11.5. The summed E-state index contributed by atoms with van der Waals surface area (Å²) in [6.45, 7) is 4.49. The molecule has 5 nitrogen and oxygen atoms in total. The smallest absolute Gasteiger partial charge is 0.273 e. The quantitative estimate of drug-likeness (QED) is 0.884. The van der Waals surface area contributed by atoms with Gasteiger partial charge in [-0.1, -0.05) is 17.3 Å². The Morgan fingerprint density at radius 2 is 2.12 bits per heavy atom. The molecule has 1 amide bonds. The summed E-state index contributed by atoms with van der Waals surface area (Å²) < 4.78 is 18.3. The van der Waals surface area contributed by atoms with Crippen molar-refractivity contribution in [1.29, 1.82) is 0 Å². The maximum absolute atomic E-state index is 12.9. The fraction of sp³-hybridized carbons (Fsp3) is 0.444. The van der Waals surface area contributed by atoms with Crippen molar-refractivity contribution in [2.45, 2.75) is 51.7 Å². The molecule has 0 fully saturated rings. The third-order valence-corrected chi connectivity index (χ3v) is 4.18. The second kappa shape index (κ2) is 7.13. The van der Waals surface area contributed by atoms with Gasteiger partial charge in [0.15, 0.2) is 5.69 Å². The Kier molecular flexibility index (Phi) is 4.94. The average Bonchev–Trinajstić information content (AvgIpc) is 2.97. The number of benzene rings is 1. The summed E-state index contributed by atoms with van der Waals surface area (Å²) in [4.78, 5) is 12.2. The lowest BCUT2D eigenvalue weighted by Gasteiger charge is -2.22. The SMILES string of the molecule is CC(C)NC(=O)c1noc2c1CC(NCc1ccc(F)cc1)CC2. The number of rotatable bonds is 5. The van der Waals surface area contributed by atoms with Gasteiger partial charge >= 0.3 is 0 Å². The number of fused-ring (bicyclic) bond motifs is 1. The molecule has 3 rings (SSSR count). The second-order valence-corrected chi connectivity index (χ2v) is 6.51. The molecule has 0 saturated heterocycles. The maximum Gasteiger partial charge on any atom is 0.273 e. The monoisotopic (exact) mass is 331 g/mol. The molecule has 1 unspecified atom stereocenters. The minimum atomic E-state index is -0.230. The Labute approximate surface area is 140 Å². The van der Waals surface area contributed by atoms with Crippen LogP contribution in [0.1, 0.15) is 47.6 Å². The largest absolute Gasteiger partial charge is 0.360 e. The van der Waals surface area contributed by atoms with Crippen LogP contribution < -0.4 is 10.6 Å². The molecule has 0 radical (unpaired) electrons. The normalized spacial score (nSPS) is 16.9. The van der Waals surface area contributed by atoms with Gasteiger partial charge in [0.2, 0.25) is 0 Å². The lowest BCUT2D eigenvalue weighted by molar-refractivity contribution is 0.0933. The van der Waals surface area contributed by atoms with E-state index in [4.69, 9.17) is 4.52 Å². The molecule has 6 heteroatoms. The topological polar surface area (TPSA) is 67.2 Å². The first-order valence-corrected chi connectivity index (χ1v) is 8.29. The molecular formula is C18H22FN3O2. The fourth-order valence-corrected chi connectivity index (χ4v) is 2.95. The van der Waals surface area contributed by atoms with Crippen molar-refractivity contribution in [1.82, 2.24) is 15.8 Å². The summed E-state index contributed by atoms with van der Waals surface area (Å²) in [6.07, 6.45) is 2.40. The standard InChI is InChI=1S/C18H22FN3O2/c1-11(2)21-18(23)17-15-9-14(7-8-16(15)24-22-17)20-10-12-3-5-13(19)6-4-12/h3-6,11,14,20H,7-10H2,1-2H3,(H,21,23). The fourth-order valence-electron chi connectivity index (χ4n) is 2.95. The van der Waals surface area contributed by atoms with Crippen molar-refractivity contribution in [3.05, 3.63) is 52.7 Å². The Hall–Kier alpha value is -2.21. The number of amides is 1. The van der Waals surface area contributed by atoms with E-state index >= 15 is 0 Å². The molecule has 0 bridgehead atoms. The predicted octanol–water partition coefficient (Wildman–Crippen LogP) is 2.60. The number of nitrogens with zero attached hydrogens (tertiary/aromatic N) is 1. The van der Waals surface area contributed by atoms with Crippen LogP contribution in [-0.2, 0) is 19.4 Å². The lowest BCUT2D eigenvalue weighted by atomic mass is 9.91. The summed E-state index contributed by atoms with van der Waals surface area (Å²) in [5, 5.41) is 10.3. The number of carbonyl (C=O) groups excluding carboxylic acids is 1. The number of halogens is 1. The van der Waals surface area contributed by atoms with Crippen LogP contribution in [0.4, 0.5) is 4.39 Å². The van der Waals surface area contributed by atoms with Gasteiger partial charge in [-0.05, 0) is 44.4 Å². The molecule has 1 aliphatic rings. The van der Waals surface area contributed by atoms with Crippen LogP contribution in [0.3, 0.4) is 0 Å². The van der Waals surface area contributed by atoms with Crippen LogP contribution in [0, 0.1) is 5.82 Å². The van der Waals surface area contributed by atoms with Gasteiger partial charge < -0.3 is 15.2 Å². The van der Waals surface area contributed by atoms with Gasteiger partial charge in [0.25, 0.3) is 5.91 Å². The highest BCUT2D eigenvalue weighted by atomic mass is 19.1. The van der Waals surface area contributed by atoms with Crippen molar-refractivity contribution in [2.24, 2.45) is 0 Å². The number of hydrogen-bond acceptors (Lipinski definition) is 4. The summed E-state index contributed by atoms with van der Waals surface area (Å²) in [6, 6.07) is 6.78. The van der Waals surface area contributed by atoms with Crippen molar-refractivity contribution >= 4 is 5.91 Å². The Balaban J connectivity index is 1.64. The summed E-state index contributed by atoms with van der Waals surface area (Å²) in [5.74, 6) is 0.393. The number of aryl methyl sites for hydroxylation is 1. The van der Waals surface area contributed by atoms with E-state index in [2.05, 4.69) is 15.8 Å². The molecule has 0 spiro atoms. The summed E-state index contributed by atoms with van der Waals surface area (Å²) in [5.41, 5.74) is 2.33. The Bertz CT molecular complexity index is 710. The average molecular weight is 331 g/mol. The number of carbonyl (C=O) groups is 1. The first kappa shape index (κ1) is 16.6. The maximum atomic E-state index is 12.9. The van der Waals surface area contributed by atoms with E-state index in [0.717, 1.165) is 29.7 Å². The predicted molar refractivity (Wildman–Crippen MR) is 88.2 cm³/mol. The van der Waals surface area contributed by atoms with Crippen molar-refractivity contribution in [3.63, 3.8) is 0 Å². The summed E-state index contributed by atoms with van der Waals surface area (Å²) in [7, 11) is 0. The number of aromatic nitrogens is 1. The van der Waals surface area contributed by atoms with Crippen LogP contribution >= 0.6 is 0 Å². The van der Waals surface area contributed by atoms with Gasteiger partial charge in [0.05, 0.1) is 0 Å². The van der Waals surface area contributed by atoms with Crippen LogP contribution in [-0.4, -0.2) is 23.1 Å². The molecule has 1 aromatic heterocycles. The Morgan fingerprint density at radius 1 is 1.38 bits per heavy atom. The van der Waals surface area contributed by atoms with Gasteiger partial charge in [0, 0.05) is 30.6 Å². The molecule has 1 aliphatic carbocycles. The number of nitrogens with one attached hydrogen (secondary N) is 2. The molecule has 1 aromatic carbocycles. The van der Waals surface area contributed by atoms with Crippen LogP contribution in [0.15, 0.2) is 28.8 Å². The zero-order chi connectivity index (χ0) is 17.1. The zero-order valence-electron chi connectivity index (χ0n) is 13.9. The van der Waals surface area contributed by atoms with Crippen LogP contribution in [0.25, 0.3) is 0 Å². The third kappa shape index (κ3) is 3.82. The molecule has 24 heavy (non-hydrogen) atoms. The van der Waals surface area contributed by atoms with E-state index in [-0.39, 0.29) is 23.8 Å². The van der Waals surface area contributed by atoms with E-state index in [1.807, 2.05) is 13.8 Å². The van der Waals surface area contributed by atoms with Crippen LogP contribution in [0.5, 0.6) is 0 Å². The zero-order valence-corrected chi connectivity index (χ0v) is 13.9. The van der Waals surface area contributed by atoms with Crippen molar-refractivity contribution in [2.75, 3.05) is 0 Å². The van der Waals surface area contributed by atoms with Gasteiger partial charge in [-0.3, -0.25) is 4.79 Å². The van der Waals surface area contributed by atoms with Gasteiger partial charge in [0.1, 0.15) is 11.6 Å². The van der Waals surface area contributed by atoms with Gasteiger partial charge in [-0.25, -0.2) is 4.39 Å². The second-order valence-electron chi connectivity index (χ2n) is 6.51. The minimum Gasteiger partial charge on any atom is -0.360 e. The number of hydrogen-bond donors (Lipinski definition) is 2. The lowest BCUT2D eigenvalue weighted by Crippen LogP contribution is -2.36. The van der Waals surface area contributed by atoms with E-state index in [1.165, 1.54) is 12.1 Å². The molecule has 1 heterocycles. The van der Waals surface area contributed by atoms with E-state index in [1.54, 1.807) is 12.1 Å².